The minimum atomic E-state index is -0.532. The van der Waals surface area contributed by atoms with E-state index in [4.69, 9.17) is 9.47 Å². The molecule has 24 heavy (non-hydrogen) atoms. The summed E-state index contributed by atoms with van der Waals surface area (Å²) in [6.45, 7) is 1.94. The average molecular weight is 348 g/mol. The van der Waals surface area contributed by atoms with Crippen molar-refractivity contribution in [3.8, 4) is 5.75 Å². The molecule has 0 aliphatic rings. The summed E-state index contributed by atoms with van der Waals surface area (Å²) in [5.41, 5.74) is 0.864. The van der Waals surface area contributed by atoms with Gasteiger partial charge in [0.25, 0.3) is 0 Å². The average Bonchev–Trinajstić information content (AvgIpc) is 2.60. The third-order valence-electron chi connectivity index (χ3n) is 3.26. The van der Waals surface area contributed by atoms with Gasteiger partial charge in [-0.05, 0) is 48.9 Å². The maximum absolute atomic E-state index is 11.7. The van der Waals surface area contributed by atoms with Crippen LogP contribution in [0.5, 0.6) is 5.75 Å². The molecule has 0 fully saturated rings. The van der Waals surface area contributed by atoms with Crippen LogP contribution in [0.2, 0.25) is 0 Å². The number of carbonyl (C=O) groups is 1. The van der Waals surface area contributed by atoms with Crippen LogP contribution in [0.4, 0.5) is 5.69 Å². The molecule has 0 saturated carbocycles. The van der Waals surface area contributed by atoms with Crippen LogP contribution in [0, 0.1) is 5.21 Å². The molecule has 7 heteroatoms. The number of esters is 1. The molecule has 0 spiro atoms. The molecule has 0 heterocycles. The van der Waals surface area contributed by atoms with E-state index in [1.54, 1.807) is 26.2 Å². The number of hydrogen-bond donors (Lipinski definition) is 1. The minimum Gasteiger partial charge on any atom is -0.733 e. The van der Waals surface area contributed by atoms with Crippen molar-refractivity contribution in [2.45, 2.75) is 17.6 Å². The van der Waals surface area contributed by atoms with Crippen LogP contribution in [0.25, 0.3) is 0 Å². The van der Waals surface area contributed by atoms with E-state index in [1.807, 2.05) is 24.3 Å². The molecule has 0 aliphatic carbocycles. The summed E-state index contributed by atoms with van der Waals surface area (Å²) in [7, 11) is 1.60. The lowest BCUT2D eigenvalue weighted by Gasteiger charge is -2.25. The number of carbonyl (C=O) groups excluding carboxylic acids is 1. The lowest BCUT2D eigenvalue weighted by molar-refractivity contribution is 0.0526. The Morgan fingerprint density at radius 3 is 2.54 bits per heavy atom. The number of ether oxygens (including phenoxy) is 2. The van der Waals surface area contributed by atoms with Gasteiger partial charge in [0.15, 0.2) is 0 Å². The molecule has 0 bridgehead atoms. The zero-order chi connectivity index (χ0) is 17.5. The molecule has 1 N–H and O–H groups in total. The molecular formula is C17H18NO5S-. The van der Waals surface area contributed by atoms with Gasteiger partial charge in [0, 0.05) is 10.6 Å². The van der Waals surface area contributed by atoms with E-state index in [-0.39, 0.29) is 23.1 Å². The van der Waals surface area contributed by atoms with Crippen molar-refractivity contribution in [1.82, 2.24) is 0 Å². The Balaban J connectivity index is 2.14. The Labute approximate surface area is 144 Å². The first-order valence-electron chi connectivity index (χ1n) is 7.28. The highest BCUT2D eigenvalue weighted by atomic mass is 32.2. The van der Waals surface area contributed by atoms with Gasteiger partial charge >= 0.3 is 5.97 Å². The van der Waals surface area contributed by atoms with Gasteiger partial charge in [0.05, 0.1) is 25.0 Å². The SMILES string of the molecule is CCOC(=O)c1ccc(CSc2ccc(OC)cc2)c(N([O-])O)c1. The number of anilines is 1. The zero-order valence-corrected chi connectivity index (χ0v) is 14.2. The molecule has 0 aliphatic heterocycles. The summed E-state index contributed by atoms with van der Waals surface area (Å²) < 4.78 is 10.00. The highest BCUT2D eigenvalue weighted by Crippen LogP contribution is 2.30. The monoisotopic (exact) mass is 348 g/mol. The molecule has 0 unspecified atom stereocenters. The van der Waals surface area contributed by atoms with E-state index < -0.39 is 5.97 Å². The summed E-state index contributed by atoms with van der Waals surface area (Å²) in [4.78, 5) is 12.7. The van der Waals surface area contributed by atoms with Crippen LogP contribution in [0.15, 0.2) is 47.4 Å². The van der Waals surface area contributed by atoms with Crippen LogP contribution in [0.3, 0.4) is 0 Å². The standard InChI is InChI=1S/C17H18NO5S/c1-3-23-17(19)12-4-5-13(16(10-12)18(20)21)11-24-15-8-6-14(22-2)7-9-15/h4-10,20H,3,11H2,1-2H3/q-1. The summed E-state index contributed by atoms with van der Waals surface area (Å²) >= 11 is 1.50. The lowest BCUT2D eigenvalue weighted by atomic mass is 10.1. The molecule has 0 radical (unpaired) electrons. The Hall–Kier alpha value is -2.22. The Morgan fingerprint density at radius 1 is 1.25 bits per heavy atom. The van der Waals surface area contributed by atoms with Crippen LogP contribution < -0.4 is 9.96 Å². The fraction of sp³-hybridized carbons (Fsp3) is 0.235. The van der Waals surface area contributed by atoms with Gasteiger partial charge < -0.3 is 19.9 Å². The third kappa shape index (κ3) is 4.64. The number of hydrogen-bond acceptors (Lipinski definition) is 7. The first-order chi connectivity index (χ1) is 11.5. The topological polar surface area (TPSA) is 82.1 Å². The fourth-order valence-corrected chi connectivity index (χ4v) is 2.93. The summed E-state index contributed by atoms with van der Waals surface area (Å²) in [6, 6.07) is 12.1. The Bertz CT molecular complexity index is 688. The second kappa shape index (κ2) is 8.58. The van der Waals surface area contributed by atoms with Gasteiger partial charge in [0.2, 0.25) is 0 Å². The second-order valence-corrected chi connectivity index (χ2v) is 5.85. The van der Waals surface area contributed by atoms with Crippen LogP contribution in [0.1, 0.15) is 22.8 Å². The second-order valence-electron chi connectivity index (χ2n) is 4.80. The molecular weight excluding hydrogens is 330 g/mol. The highest BCUT2D eigenvalue weighted by molar-refractivity contribution is 7.98. The van der Waals surface area contributed by atoms with Crippen molar-refractivity contribution in [3.05, 3.63) is 58.8 Å². The first kappa shape index (κ1) is 18.1. The fourth-order valence-electron chi connectivity index (χ4n) is 2.04. The number of benzene rings is 2. The first-order valence-corrected chi connectivity index (χ1v) is 8.26. The van der Waals surface area contributed by atoms with Gasteiger partial charge in [-0.2, -0.15) is 0 Å². The number of nitrogens with zero attached hydrogens (tertiary/aromatic N) is 1. The number of thioether (sulfide) groups is 1. The number of rotatable bonds is 7. The molecule has 128 valence electrons. The van der Waals surface area contributed by atoms with Crippen LogP contribution >= 0.6 is 11.8 Å². The number of methoxy groups -OCH3 is 1. The van der Waals surface area contributed by atoms with Crippen molar-refractivity contribution < 1.29 is 19.5 Å². The smallest absolute Gasteiger partial charge is 0.338 e. The predicted molar refractivity (Wildman–Crippen MR) is 92.6 cm³/mol. The maximum atomic E-state index is 11.7. The van der Waals surface area contributed by atoms with E-state index in [9.17, 15) is 15.2 Å². The largest absolute Gasteiger partial charge is 0.733 e. The molecule has 0 saturated heterocycles. The van der Waals surface area contributed by atoms with Crippen molar-refractivity contribution in [2.75, 3.05) is 18.9 Å². The summed E-state index contributed by atoms with van der Waals surface area (Å²) in [6.07, 6.45) is 0. The van der Waals surface area contributed by atoms with Crippen LogP contribution in [-0.2, 0) is 10.5 Å². The summed E-state index contributed by atoms with van der Waals surface area (Å²) in [5, 5.41) is 20.5. The molecule has 2 rings (SSSR count). The predicted octanol–water partition coefficient (Wildman–Crippen LogP) is 3.86. The molecule has 0 aromatic heterocycles. The maximum Gasteiger partial charge on any atom is 0.338 e. The van der Waals surface area contributed by atoms with Gasteiger partial charge in [0.1, 0.15) is 5.75 Å². The van der Waals surface area contributed by atoms with Gasteiger partial charge in [-0.1, -0.05) is 6.07 Å². The highest BCUT2D eigenvalue weighted by Gasteiger charge is 2.11. The summed E-state index contributed by atoms with van der Waals surface area (Å²) in [5.74, 6) is 0.694. The molecule has 2 aromatic carbocycles. The van der Waals surface area contributed by atoms with Gasteiger partial charge in [-0.25, -0.2) is 4.79 Å². The molecule has 0 amide bonds. The quantitative estimate of drug-likeness (QED) is 0.462. The van der Waals surface area contributed by atoms with E-state index in [0.29, 0.717) is 11.3 Å². The van der Waals surface area contributed by atoms with Crippen molar-refractivity contribution >= 4 is 23.4 Å². The molecule has 0 atom stereocenters. The van der Waals surface area contributed by atoms with Gasteiger partial charge in [-0.3, -0.25) is 5.21 Å². The Kier molecular flexibility index (Phi) is 6.48. The lowest BCUT2D eigenvalue weighted by Crippen LogP contribution is -2.12. The van der Waals surface area contributed by atoms with E-state index in [1.165, 1.54) is 17.8 Å². The van der Waals surface area contributed by atoms with Crippen molar-refractivity contribution in [2.24, 2.45) is 0 Å². The van der Waals surface area contributed by atoms with E-state index in [0.717, 1.165) is 10.6 Å². The third-order valence-corrected chi connectivity index (χ3v) is 4.32. The van der Waals surface area contributed by atoms with E-state index in [2.05, 4.69) is 0 Å². The zero-order valence-electron chi connectivity index (χ0n) is 13.4. The minimum absolute atomic E-state index is 0.0292. The van der Waals surface area contributed by atoms with Gasteiger partial charge in [-0.15, -0.1) is 11.8 Å². The van der Waals surface area contributed by atoms with E-state index >= 15 is 0 Å². The molecule has 6 nitrogen and oxygen atoms in total. The van der Waals surface area contributed by atoms with Crippen molar-refractivity contribution in [3.63, 3.8) is 0 Å². The molecule has 2 aromatic rings. The van der Waals surface area contributed by atoms with Crippen LogP contribution in [-0.4, -0.2) is 24.9 Å². The normalized spacial score (nSPS) is 10.3. The van der Waals surface area contributed by atoms with Crippen molar-refractivity contribution in [1.29, 1.82) is 0 Å². The Morgan fingerprint density at radius 2 is 1.96 bits per heavy atom.